The maximum atomic E-state index is 13.5. The van der Waals surface area contributed by atoms with Crippen LogP contribution in [0.1, 0.15) is 11.1 Å². The van der Waals surface area contributed by atoms with Crippen molar-refractivity contribution in [2.24, 2.45) is 0 Å². The summed E-state index contributed by atoms with van der Waals surface area (Å²) < 4.78 is 40.3. The Bertz CT molecular complexity index is 946. The van der Waals surface area contributed by atoms with Gasteiger partial charge in [-0.15, -0.1) is 0 Å². The summed E-state index contributed by atoms with van der Waals surface area (Å²) in [4.78, 5) is 0.209. The predicted octanol–water partition coefficient (Wildman–Crippen LogP) is 4.22. The quantitative estimate of drug-likeness (QED) is 0.637. The maximum absolute atomic E-state index is 13.5. The first-order chi connectivity index (χ1) is 10.4. The molecule has 0 aliphatic carbocycles. The van der Waals surface area contributed by atoms with Crippen LogP contribution < -0.4 is 0 Å². The molecule has 0 aliphatic heterocycles. The Morgan fingerprint density at radius 1 is 1.14 bits per heavy atom. The Hall–Kier alpha value is -1.66. The van der Waals surface area contributed by atoms with Crippen LogP contribution in [-0.4, -0.2) is 12.4 Å². The van der Waals surface area contributed by atoms with Gasteiger partial charge in [0.2, 0.25) is 0 Å². The third-order valence-electron chi connectivity index (χ3n) is 3.54. The summed E-state index contributed by atoms with van der Waals surface area (Å²) in [6.07, 6.45) is 1.54. The molecule has 0 saturated heterocycles. The van der Waals surface area contributed by atoms with E-state index >= 15 is 0 Å². The number of alkyl halides is 1. The minimum atomic E-state index is -3.71. The Morgan fingerprint density at radius 2 is 1.82 bits per heavy atom. The van der Waals surface area contributed by atoms with E-state index in [0.29, 0.717) is 16.2 Å². The van der Waals surface area contributed by atoms with Crippen LogP contribution in [0.25, 0.3) is 10.9 Å². The fourth-order valence-corrected chi connectivity index (χ4v) is 4.21. The highest BCUT2D eigenvalue weighted by molar-refractivity contribution is 9.08. The molecule has 0 unspecified atom stereocenters. The van der Waals surface area contributed by atoms with Crippen molar-refractivity contribution in [1.29, 1.82) is 0 Å². The van der Waals surface area contributed by atoms with Gasteiger partial charge in [-0.05, 0) is 42.8 Å². The number of halogens is 2. The van der Waals surface area contributed by atoms with Crippen LogP contribution in [-0.2, 0) is 15.4 Å². The number of benzene rings is 2. The van der Waals surface area contributed by atoms with E-state index in [1.165, 1.54) is 28.4 Å². The number of hydrogen-bond acceptors (Lipinski definition) is 2. The van der Waals surface area contributed by atoms with E-state index in [9.17, 15) is 12.8 Å². The first-order valence-corrected chi connectivity index (χ1v) is 9.17. The third-order valence-corrected chi connectivity index (χ3v) is 5.83. The zero-order valence-electron chi connectivity index (χ0n) is 11.8. The average Bonchev–Trinajstić information content (AvgIpc) is 2.86. The van der Waals surface area contributed by atoms with Crippen LogP contribution in [0.3, 0.4) is 0 Å². The van der Waals surface area contributed by atoms with Gasteiger partial charge in [-0.1, -0.05) is 33.6 Å². The smallest absolute Gasteiger partial charge is 0.241 e. The van der Waals surface area contributed by atoms with Crippen molar-refractivity contribution in [3.05, 3.63) is 65.6 Å². The van der Waals surface area contributed by atoms with Gasteiger partial charge in [0, 0.05) is 16.9 Å². The lowest BCUT2D eigenvalue weighted by Crippen LogP contribution is -2.11. The van der Waals surface area contributed by atoms with Crippen molar-refractivity contribution >= 4 is 36.9 Å². The maximum Gasteiger partial charge on any atom is 0.268 e. The van der Waals surface area contributed by atoms with Crippen LogP contribution in [0.15, 0.2) is 53.6 Å². The Morgan fingerprint density at radius 3 is 2.45 bits per heavy atom. The minimum absolute atomic E-state index is 0.209. The Labute approximate surface area is 136 Å². The Balaban J connectivity index is 2.27. The van der Waals surface area contributed by atoms with Crippen LogP contribution in [0.4, 0.5) is 4.39 Å². The van der Waals surface area contributed by atoms with E-state index in [-0.39, 0.29) is 10.7 Å². The van der Waals surface area contributed by atoms with Gasteiger partial charge in [0.15, 0.2) is 0 Å². The molecule has 3 aromatic rings. The van der Waals surface area contributed by atoms with Crippen LogP contribution in [0, 0.1) is 12.7 Å². The lowest BCUT2D eigenvalue weighted by molar-refractivity contribution is 0.589. The molecule has 1 aromatic heterocycles. The number of rotatable bonds is 3. The first kappa shape index (κ1) is 15.2. The predicted molar refractivity (Wildman–Crippen MR) is 88.3 cm³/mol. The lowest BCUT2D eigenvalue weighted by Gasteiger charge is -2.07. The summed E-state index contributed by atoms with van der Waals surface area (Å²) in [5, 5.41) is 1.04. The normalized spacial score (nSPS) is 12.0. The van der Waals surface area contributed by atoms with E-state index in [1.54, 1.807) is 24.3 Å². The molecule has 0 atom stereocenters. The number of aryl methyl sites for hydroxylation is 1. The average molecular weight is 382 g/mol. The molecule has 22 heavy (non-hydrogen) atoms. The monoisotopic (exact) mass is 381 g/mol. The van der Waals surface area contributed by atoms with Crippen molar-refractivity contribution in [1.82, 2.24) is 3.97 Å². The molecule has 0 fully saturated rings. The van der Waals surface area contributed by atoms with E-state index in [4.69, 9.17) is 0 Å². The van der Waals surface area contributed by atoms with Crippen molar-refractivity contribution in [2.75, 3.05) is 0 Å². The van der Waals surface area contributed by atoms with Crippen molar-refractivity contribution in [3.8, 4) is 0 Å². The molecule has 114 valence electrons. The summed E-state index contributed by atoms with van der Waals surface area (Å²) in [6.45, 7) is 1.90. The summed E-state index contributed by atoms with van der Waals surface area (Å²) >= 11 is 3.32. The number of nitrogens with zero attached hydrogens (tertiary/aromatic N) is 1. The van der Waals surface area contributed by atoms with Gasteiger partial charge < -0.3 is 0 Å². The molecule has 6 heteroatoms. The summed E-state index contributed by atoms with van der Waals surface area (Å²) in [5.41, 5.74) is 2.18. The number of fused-ring (bicyclic) bond motifs is 1. The zero-order chi connectivity index (χ0) is 15.9. The van der Waals surface area contributed by atoms with E-state index in [2.05, 4.69) is 15.9 Å². The highest BCUT2D eigenvalue weighted by Crippen LogP contribution is 2.28. The zero-order valence-corrected chi connectivity index (χ0v) is 14.2. The second kappa shape index (κ2) is 5.52. The van der Waals surface area contributed by atoms with Crippen LogP contribution in [0.2, 0.25) is 0 Å². The van der Waals surface area contributed by atoms with Gasteiger partial charge in [0.05, 0.1) is 10.4 Å². The lowest BCUT2D eigenvalue weighted by atomic mass is 10.2. The summed E-state index contributed by atoms with van der Waals surface area (Å²) in [6, 6.07) is 10.8. The van der Waals surface area contributed by atoms with Crippen molar-refractivity contribution < 1.29 is 12.8 Å². The Kier molecular flexibility index (Phi) is 3.82. The molecule has 3 nitrogen and oxygen atoms in total. The molecule has 0 bridgehead atoms. The van der Waals surface area contributed by atoms with E-state index in [1.807, 2.05) is 6.92 Å². The van der Waals surface area contributed by atoms with Gasteiger partial charge >= 0.3 is 0 Å². The van der Waals surface area contributed by atoms with Crippen LogP contribution >= 0.6 is 15.9 Å². The minimum Gasteiger partial charge on any atom is -0.241 e. The van der Waals surface area contributed by atoms with Crippen molar-refractivity contribution in [3.63, 3.8) is 0 Å². The first-order valence-electron chi connectivity index (χ1n) is 6.61. The largest absolute Gasteiger partial charge is 0.268 e. The van der Waals surface area contributed by atoms with Gasteiger partial charge in [-0.2, -0.15) is 0 Å². The molecule has 0 amide bonds. The van der Waals surface area contributed by atoms with Crippen molar-refractivity contribution in [2.45, 2.75) is 17.1 Å². The molecule has 3 rings (SSSR count). The van der Waals surface area contributed by atoms with Gasteiger partial charge in [-0.3, -0.25) is 0 Å². The fourth-order valence-electron chi connectivity index (χ4n) is 2.37. The summed E-state index contributed by atoms with van der Waals surface area (Å²) in [5.74, 6) is -0.389. The SMILES string of the molecule is Cc1ccc(S(=O)(=O)n2cc(CBr)c3cc(F)ccc32)cc1. The van der Waals surface area contributed by atoms with E-state index in [0.717, 1.165) is 11.1 Å². The van der Waals surface area contributed by atoms with Gasteiger partial charge in [0.1, 0.15) is 5.82 Å². The topological polar surface area (TPSA) is 39.1 Å². The molecule has 0 saturated carbocycles. The van der Waals surface area contributed by atoms with Crippen LogP contribution in [0.5, 0.6) is 0 Å². The molecular weight excluding hydrogens is 369 g/mol. The van der Waals surface area contributed by atoms with Gasteiger partial charge in [0.25, 0.3) is 10.0 Å². The highest BCUT2D eigenvalue weighted by atomic mass is 79.9. The standard InChI is InChI=1S/C16H13BrFNO2S/c1-11-2-5-14(6-3-11)22(20,21)19-10-12(9-17)15-8-13(18)4-7-16(15)19/h2-8,10H,9H2,1H3. The molecular formula is C16H13BrFNO2S. The molecule has 1 heterocycles. The molecule has 0 aliphatic rings. The number of aromatic nitrogens is 1. The third kappa shape index (κ3) is 2.46. The molecule has 0 radical (unpaired) electrons. The second-order valence-electron chi connectivity index (χ2n) is 5.06. The fraction of sp³-hybridized carbons (Fsp3) is 0.125. The highest BCUT2D eigenvalue weighted by Gasteiger charge is 2.21. The molecule has 0 N–H and O–H groups in total. The number of hydrogen-bond donors (Lipinski definition) is 0. The summed E-state index contributed by atoms with van der Waals surface area (Å²) in [7, 11) is -3.71. The van der Waals surface area contributed by atoms with E-state index < -0.39 is 10.0 Å². The molecule has 0 spiro atoms. The molecule has 2 aromatic carbocycles. The van der Waals surface area contributed by atoms with Gasteiger partial charge in [-0.25, -0.2) is 16.8 Å². The second-order valence-corrected chi connectivity index (χ2v) is 7.44.